The van der Waals surface area contributed by atoms with Crippen LogP contribution in [0.15, 0.2) is 12.1 Å². The monoisotopic (exact) mass is 398 g/mol. The van der Waals surface area contributed by atoms with Gasteiger partial charge < -0.3 is 14.9 Å². The summed E-state index contributed by atoms with van der Waals surface area (Å²) in [5.74, 6) is 0.176. The largest absolute Gasteiger partial charge is 0.505 e. The molecular formula is C19H24BrFO3. The number of ether oxygens (including phenoxy) is 1. The number of hydrogen-bond acceptors (Lipinski definition) is 3. The van der Waals surface area contributed by atoms with Crippen molar-refractivity contribution in [3.05, 3.63) is 29.1 Å². The lowest BCUT2D eigenvalue weighted by Crippen LogP contribution is -2.51. The lowest BCUT2D eigenvalue weighted by atomic mass is 9.54. The normalized spacial score (nSPS) is 43.9. The van der Waals surface area contributed by atoms with Crippen molar-refractivity contribution >= 4 is 15.9 Å². The number of benzene rings is 1. The fourth-order valence-corrected chi connectivity index (χ4v) is 6.84. The van der Waals surface area contributed by atoms with E-state index in [4.69, 9.17) is 4.74 Å². The van der Waals surface area contributed by atoms with E-state index in [-0.39, 0.29) is 34.1 Å². The molecule has 2 fully saturated rings. The Hall–Kier alpha value is -0.650. The van der Waals surface area contributed by atoms with Crippen molar-refractivity contribution in [2.75, 3.05) is 7.11 Å². The highest BCUT2D eigenvalue weighted by atomic mass is 79.9. The van der Waals surface area contributed by atoms with Gasteiger partial charge in [0.25, 0.3) is 0 Å². The van der Waals surface area contributed by atoms with Crippen LogP contribution in [0.2, 0.25) is 0 Å². The van der Waals surface area contributed by atoms with Gasteiger partial charge in [-0.15, -0.1) is 0 Å². The average molecular weight is 399 g/mol. The van der Waals surface area contributed by atoms with Crippen LogP contribution in [0, 0.1) is 23.1 Å². The van der Waals surface area contributed by atoms with E-state index in [0.29, 0.717) is 23.8 Å². The zero-order chi connectivity index (χ0) is 17.2. The predicted molar refractivity (Wildman–Crippen MR) is 93.0 cm³/mol. The second-order valence-corrected chi connectivity index (χ2v) is 9.16. The Kier molecular flexibility index (Phi) is 3.98. The van der Waals surface area contributed by atoms with Gasteiger partial charge in [0.1, 0.15) is 0 Å². The third-order valence-electron chi connectivity index (χ3n) is 7.01. The Morgan fingerprint density at radius 3 is 2.83 bits per heavy atom. The fourth-order valence-electron chi connectivity index (χ4n) is 5.84. The first kappa shape index (κ1) is 16.8. The second kappa shape index (κ2) is 5.68. The molecule has 1 aromatic carbocycles. The second-order valence-electron chi connectivity index (χ2n) is 7.98. The quantitative estimate of drug-likeness (QED) is 0.708. The molecule has 0 spiro atoms. The molecule has 1 aromatic rings. The van der Waals surface area contributed by atoms with Crippen LogP contribution in [0.25, 0.3) is 0 Å². The zero-order valence-corrected chi connectivity index (χ0v) is 15.6. The third kappa shape index (κ3) is 2.14. The van der Waals surface area contributed by atoms with Gasteiger partial charge in [0.2, 0.25) is 0 Å². The first-order valence-corrected chi connectivity index (χ1v) is 9.65. The maximum Gasteiger partial charge on any atom is 0.168 e. The molecule has 2 N–H and O–H groups in total. The van der Waals surface area contributed by atoms with Crippen LogP contribution in [-0.2, 0) is 11.2 Å². The van der Waals surface area contributed by atoms with E-state index in [1.54, 1.807) is 7.11 Å². The standard InChI is InChI=1S/C19H24BrFO3/c1-19-8-15(24-2)16-9-5-6-14(22)17(21)10(9)3-4-11(16)12(19)7-13(20)18(19)23/h5-6,11-13,15-16,18,22-23H,3-4,7-8H2,1-2H3/t11-,12-,13-,15-,16+,18-,19-/m0/s1. The molecule has 0 saturated heterocycles. The number of rotatable bonds is 1. The molecule has 132 valence electrons. The summed E-state index contributed by atoms with van der Waals surface area (Å²) < 4.78 is 20.2. The maximum absolute atomic E-state index is 14.4. The summed E-state index contributed by atoms with van der Waals surface area (Å²) in [6.45, 7) is 2.18. The van der Waals surface area contributed by atoms with Gasteiger partial charge in [0.05, 0.1) is 12.2 Å². The number of fused-ring (bicyclic) bond motifs is 5. The van der Waals surface area contributed by atoms with Gasteiger partial charge in [0.15, 0.2) is 11.6 Å². The van der Waals surface area contributed by atoms with Crippen LogP contribution in [0.5, 0.6) is 5.75 Å². The van der Waals surface area contributed by atoms with E-state index in [0.717, 1.165) is 24.8 Å². The first-order valence-electron chi connectivity index (χ1n) is 8.73. The highest BCUT2D eigenvalue weighted by Crippen LogP contribution is 2.62. The maximum atomic E-state index is 14.4. The van der Waals surface area contributed by atoms with E-state index in [1.165, 1.54) is 6.07 Å². The summed E-state index contributed by atoms with van der Waals surface area (Å²) in [6.07, 6.45) is 2.84. The van der Waals surface area contributed by atoms with Crippen LogP contribution in [0.4, 0.5) is 4.39 Å². The van der Waals surface area contributed by atoms with E-state index in [2.05, 4.69) is 22.9 Å². The Morgan fingerprint density at radius 1 is 1.38 bits per heavy atom. The minimum Gasteiger partial charge on any atom is -0.505 e. The van der Waals surface area contributed by atoms with E-state index in [9.17, 15) is 14.6 Å². The zero-order valence-electron chi connectivity index (χ0n) is 14.0. The minimum atomic E-state index is -0.473. The summed E-state index contributed by atoms with van der Waals surface area (Å²) in [5.41, 5.74) is 1.47. The molecule has 0 unspecified atom stereocenters. The molecule has 0 aliphatic heterocycles. The SMILES string of the molecule is CO[C@H]1C[C@]2(C)[C@@H](O)[C@@H](Br)C[C@H]2[C@@H]2CCc3c(ccc(O)c3F)[C@H]21. The minimum absolute atomic E-state index is 0.0355. The summed E-state index contributed by atoms with van der Waals surface area (Å²) in [5, 5.41) is 20.4. The number of phenols is 1. The summed E-state index contributed by atoms with van der Waals surface area (Å²) in [7, 11) is 1.71. The fraction of sp³-hybridized carbons (Fsp3) is 0.684. The Morgan fingerprint density at radius 2 is 2.12 bits per heavy atom. The topological polar surface area (TPSA) is 49.7 Å². The number of methoxy groups -OCH3 is 1. The van der Waals surface area contributed by atoms with Crippen molar-refractivity contribution in [1.29, 1.82) is 0 Å². The first-order chi connectivity index (χ1) is 11.4. The Labute approximate surface area is 150 Å². The van der Waals surface area contributed by atoms with Crippen molar-refractivity contribution in [3.63, 3.8) is 0 Å². The number of alkyl halides is 1. The van der Waals surface area contributed by atoms with Gasteiger partial charge in [-0.05, 0) is 54.7 Å². The molecule has 4 rings (SSSR count). The number of halogens is 2. The smallest absolute Gasteiger partial charge is 0.168 e. The number of aliphatic hydroxyl groups is 1. The molecule has 0 heterocycles. The van der Waals surface area contributed by atoms with Crippen molar-refractivity contribution in [2.45, 2.75) is 55.6 Å². The summed E-state index contributed by atoms with van der Waals surface area (Å²) >= 11 is 3.66. The van der Waals surface area contributed by atoms with Gasteiger partial charge in [-0.2, -0.15) is 0 Å². The number of aliphatic hydroxyl groups excluding tert-OH is 1. The van der Waals surface area contributed by atoms with Crippen LogP contribution in [-0.4, -0.2) is 34.4 Å². The lowest BCUT2D eigenvalue weighted by Gasteiger charge is -2.53. The highest BCUT2D eigenvalue weighted by molar-refractivity contribution is 9.09. The van der Waals surface area contributed by atoms with E-state index >= 15 is 0 Å². The molecule has 3 nitrogen and oxygen atoms in total. The van der Waals surface area contributed by atoms with Crippen molar-refractivity contribution < 1.29 is 19.3 Å². The van der Waals surface area contributed by atoms with Crippen molar-refractivity contribution in [2.24, 2.45) is 17.3 Å². The van der Waals surface area contributed by atoms with E-state index < -0.39 is 5.82 Å². The van der Waals surface area contributed by atoms with Gasteiger partial charge in [-0.1, -0.05) is 28.9 Å². The van der Waals surface area contributed by atoms with Gasteiger partial charge in [0, 0.05) is 23.3 Å². The molecule has 0 aromatic heterocycles. The van der Waals surface area contributed by atoms with Gasteiger partial charge >= 0.3 is 0 Å². The van der Waals surface area contributed by atoms with Crippen molar-refractivity contribution in [1.82, 2.24) is 0 Å². The molecule has 0 bridgehead atoms. The molecule has 5 heteroatoms. The number of hydrogen-bond donors (Lipinski definition) is 2. The number of phenolic OH excluding ortho intramolecular Hbond substituents is 1. The van der Waals surface area contributed by atoms with Crippen LogP contribution in [0.3, 0.4) is 0 Å². The van der Waals surface area contributed by atoms with Crippen LogP contribution in [0.1, 0.15) is 43.2 Å². The van der Waals surface area contributed by atoms with E-state index in [1.807, 2.05) is 6.07 Å². The molecule has 3 aliphatic carbocycles. The molecule has 2 saturated carbocycles. The van der Waals surface area contributed by atoms with Crippen LogP contribution < -0.4 is 0 Å². The summed E-state index contributed by atoms with van der Waals surface area (Å²) in [6, 6.07) is 3.34. The molecule has 0 amide bonds. The molecule has 7 atom stereocenters. The van der Waals surface area contributed by atoms with Gasteiger partial charge in [-0.25, -0.2) is 4.39 Å². The number of aromatic hydroxyl groups is 1. The third-order valence-corrected chi connectivity index (χ3v) is 7.89. The molecular weight excluding hydrogens is 375 g/mol. The Balaban J connectivity index is 1.80. The lowest BCUT2D eigenvalue weighted by molar-refractivity contribution is -0.0925. The summed E-state index contributed by atoms with van der Waals surface area (Å²) in [4.78, 5) is 0.113. The van der Waals surface area contributed by atoms with Crippen molar-refractivity contribution in [3.8, 4) is 5.75 Å². The molecule has 0 radical (unpaired) electrons. The average Bonchev–Trinajstić information content (AvgIpc) is 2.80. The predicted octanol–water partition coefficient (Wildman–Crippen LogP) is 3.75. The van der Waals surface area contributed by atoms with Crippen LogP contribution >= 0.6 is 15.9 Å². The molecule has 3 aliphatic rings. The molecule has 24 heavy (non-hydrogen) atoms. The Bertz CT molecular complexity index is 666. The highest BCUT2D eigenvalue weighted by Gasteiger charge is 2.60. The van der Waals surface area contributed by atoms with Gasteiger partial charge in [-0.3, -0.25) is 0 Å².